The van der Waals surface area contributed by atoms with Gasteiger partial charge in [0.25, 0.3) is 0 Å². The fourth-order valence-electron chi connectivity index (χ4n) is 1.84. The second-order valence-corrected chi connectivity index (χ2v) is 4.10. The first-order valence-electron chi connectivity index (χ1n) is 5.55. The Kier molecular flexibility index (Phi) is 4.07. The highest BCUT2D eigenvalue weighted by Gasteiger charge is 2.34. The molecule has 1 saturated carbocycles. The van der Waals surface area contributed by atoms with E-state index in [1.807, 2.05) is 0 Å². The summed E-state index contributed by atoms with van der Waals surface area (Å²) in [5.74, 6) is 1.91. The van der Waals surface area contributed by atoms with Gasteiger partial charge in [-0.1, -0.05) is 40.0 Å². The molecule has 0 saturated heterocycles. The average Bonchev–Trinajstić information content (AvgIpc) is 2.85. The molecule has 0 amide bonds. The van der Waals surface area contributed by atoms with Gasteiger partial charge in [0.15, 0.2) is 0 Å². The first-order valence-corrected chi connectivity index (χ1v) is 5.55. The van der Waals surface area contributed by atoms with Gasteiger partial charge in [-0.15, -0.1) is 0 Å². The molecule has 0 bridgehead atoms. The highest BCUT2D eigenvalue weighted by molar-refractivity contribution is 4.92. The highest BCUT2D eigenvalue weighted by atomic mass is 15.0. The summed E-state index contributed by atoms with van der Waals surface area (Å²) in [4.78, 5) is 0. The molecule has 0 aromatic rings. The van der Waals surface area contributed by atoms with E-state index in [1.54, 1.807) is 0 Å². The van der Waals surface area contributed by atoms with Gasteiger partial charge in [0.2, 0.25) is 0 Å². The van der Waals surface area contributed by atoms with Crippen molar-refractivity contribution in [2.75, 3.05) is 6.54 Å². The number of hydrogen-bond donors (Lipinski definition) is 1. The second-order valence-electron chi connectivity index (χ2n) is 4.10. The molecule has 1 aliphatic carbocycles. The molecule has 0 aromatic heterocycles. The van der Waals surface area contributed by atoms with Crippen molar-refractivity contribution in [2.24, 2.45) is 11.8 Å². The number of nitrogens with one attached hydrogen (secondary N) is 1. The van der Waals surface area contributed by atoms with Crippen molar-refractivity contribution in [1.29, 1.82) is 0 Å². The van der Waals surface area contributed by atoms with E-state index in [0.29, 0.717) is 0 Å². The minimum atomic E-state index is 0.871. The Morgan fingerprint density at radius 3 is 2.33 bits per heavy atom. The van der Waals surface area contributed by atoms with Crippen LogP contribution in [-0.4, -0.2) is 12.6 Å². The van der Waals surface area contributed by atoms with E-state index < -0.39 is 0 Å². The molecule has 1 heteroatoms. The van der Waals surface area contributed by atoms with Crippen LogP contribution < -0.4 is 5.32 Å². The zero-order chi connectivity index (χ0) is 8.97. The molecular formula is C11H23N. The molecule has 2 atom stereocenters. The average molecular weight is 169 g/mol. The van der Waals surface area contributed by atoms with Crippen LogP contribution in [0.2, 0.25) is 0 Å². The molecule has 0 heterocycles. The topological polar surface area (TPSA) is 12.0 Å². The minimum Gasteiger partial charge on any atom is -0.313 e. The summed E-state index contributed by atoms with van der Waals surface area (Å²) in [7, 11) is 0. The molecule has 0 radical (unpaired) electrons. The molecular weight excluding hydrogens is 146 g/mol. The summed E-state index contributed by atoms with van der Waals surface area (Å²) < 4.78 is 0. The molecule has 12 heavy (non-hydrogen) atoms. The van der Waals surface area contributed by atoms with E-state index in [1.165, 1.54) is 32.2 Å². The molecule has 0 spiro atoms. The molecule has 0 aromatic carbocycles. The lowest BCUT2D eigenvalue weighted by Gasteiger charge is -2.12. The van der Waals surface area contributed by atoms with Crippen LogP contribution in [0.5, 0.6) is 0 Å². The van der Waals surface area contributed by atoms with Crippen LogP contribution in [0.25, 0.3) is 0 Å². The van der Waals surface area contributed by atoms with Crippen LogP contribution in [0.1, 0.15) is 46.5 Å². The summed E-state index contributed by atoms with van der Waals surface area (Å²) in [5, 5.41) is 3.66. The van der Waals surface area contributed by atoms with Gasteiger partial charge < -0.3 is 5.32 Å². The van der Waals surface area contributed by atoms with Crippen molar-refractivity contribution in [2.45, 2.75) is 52.5 Å². The van der Waals surface area contributed by atoms with Gasteiger partial charge in [-0.25, -0.2) is 0 Å². The van der Waals surface area contributed by atoms with Gasteiger partial charge >= 0.3 is 0 Å². The molecule has 72 valence electrons. The van der Waals surface area contributed by atoms with Gasteiger partial charge in [0, 0.05) is 6.04 Å². The van der Waals surface area contributed by atoms with Crippen LogP contribution in [0, 0.1) is 11.8 Å². The third-order valence-electron chi connectivity index (χ3n) is 3.27. The molecule has 1 nitrogen and oxygen atoms in total. The summed E-state index contributed by atoms with van der Waals surface area (Å²) in [6, 6.07) is 0.871. The fourth-order valence-corrected chi connectivity index (χ4v) is 1.84. The maximum atomic E-state index is 3.66. The van der Waals surface area contributed by atoms with Crippen LogP contribution >= 0.6 is 0 Å². The predicted molar refractivity (Wildman–Crippen MR) is 54.3 cm³/mol. The van der Waals surface area contributed by atoms with E-state index in [2.05, 4.69) is 26.1 Å². The van der Waals surface area contributed by atoms with Crippen molar-refractivity contribution in [3.8, 4) is 0 Å². The summed E-state index contributed by atoms with van der Waals surface area (Å²) in [5.41, 5.74) is 0. The first-order chi connectivity index (χ1) is 5.81. The second kappa shape index (κ2) is 4.86. The Morgan fingerprint density at radius 2 is 1.92 bits per heavy atom. The van der Waals surface area contributed by atoms with Gasteiger partial charge in [-0.05, 0) is 24.8 Å². The number of rotatable bonds is 6. The smallest absolute Gasteiger partial charge is 0.00991 e. The SMILES string of the molecule is CCC(CC)CNC1CC1CC. The third kappa shape index (κ3) is 2.78. The quantitative estimate of drug-likeness (QED) is 0.644. The maximum Gasteiger partial charge on any atom is 0.00991 e. The number of hydrogen-bond acceptors (Lipinski definition) is 1. The summed E-state index contributed by atoms with van der Waals surface area (Å²) in [6.45, 7) is 8.12. The molecule has 1 fully saturated rings. The Labute approximate surface area is 76.9 Å². The zero-order valence-electron chi connectivity index (χ0n) is 8.77. The van der Waals surface area contributed by atoms with Crippen LogP contribution in [0.3, 0.4) is 0 Å². The summed E-state index contributed by atoms with van der Waals surface area (Å²) >= 11 is 0. The predicted octanol–water partition coefficient (Wildman–Crippen LogP) is 2.81. The molecule has 1 N–H and O–H groups in total. The fraction of sp³-hybridized carbons (Fsp3) is 1.00. The Hall–Kier alpha value is -0.0400. The van der Waals surface area contributed by atoms with E-state index in [4.69, 9.17) is 0 Å². The monoisotopic (exact) mass is 169 g/mol. The Bertz CT molecular complexity index is 118. The van der Waals surface area contributed by atoms with E-state index >= 15 is 0 Å². The van der Waals surface area contributed by atoms with E-state index in [0.717, 1.165) is 17.9 Å². The van der Waals surface area contributed by atoms with Gasteiger partial charge in [-0.3, -0.25) is 0 Å². The van der Waals surface area contributed by atoms with Crippen LogP contribution in [0.15, 0.2) is 0 Å². The molecule has 0 aliphatic heterocycles. The van der Waals surface area contributed by atoms with Crippen molar-refractivity contribution in [3.63, 3.8) is 0 Å². The van der Waals surface area contributed by atoms with Crippen molar-refractivity contribution < 1.29 is 0 Å². The van der Waals surface area contributed by atoms with Gasteiger partial charge in [-0.2, -0.15) is 0 Å². The Balaban J connectivity index is 2.02. The summed E-state index contributed by atoms with van der Waals surface area (Å²) in [6.07, 6.45) is 5.44. The first kappa shape index (κ1) is 10.0. The maximum absolute atomic E-state index is 3.66. The molecule has 1 rings (SSSR count). The van der Waals surface area contributed by atoms with Crippen LogP contribution in [-0.2, 0) is 0 Å². The highest BCUT2D eigenvalue weighted by Crippen LogP contribution is 2.33. The molecule has 2 unspecified atom stereocenters. The normalized spacial score (nSPS) is 28.0. The Morgan fingerprint density at radius 1 is 1.25 bits per heavy atom. The lowest BCUT2D eigenvalue weighted by molar-refractivity contribution is 0.441. The molecule has 1 aliphatic rings. The van der Waals surface area contributed by atoms with Crippen LogP contribution in [0.4, 0.5) is 0 Å². The lowest BCUT2D eigenvalue weighted by atomic mass is 10.0. The van der Waals surface area contributed by atoms with Gasteiger partial charge in [0.05, 0.1) is 0 Å². The van der Waals surface area contributed by atoms with E-state index in [-0.39, 0.29) is 0 Å². The largest absolute Gasteiger partial charge is 0.313 e. The lowest BCUT2D eigenvalue weighted by Crippen LogP contribution is -2.25. The third-order valence-corrected chi connectivity index (χ3v) is 3.27. The zero-order valence-corrected chi connectivity index (χ0v) is 8.77. The van der Waals surface area contributed by atoms with Crippen molar-refractivity contribution in [3.05, 3.63) is 0 Å². The minimum absolute atomic E-state index is 0.871. The van der Waals surface area contributed by atoms with Crippen molar-refractivity contribution in [1.82, 2.24) is 5.32 Å². The van der Waals surface area contributed by atoms with E-state index in [9.17, 15) is 0 Å². The van der Waals surface area contributed by atoms with Crippen molar-refractivity contribution >= 4 is 0 Å². The standard InChI is InChI=1S/C11H23N/c1-4-9(5-2)8-12-11-7-10(11)6-3/h9-12H,4-8H2,1-3H3. The van der Waals surface area contributed by atoms with Gasteiger partial charge in [0.1, 0.15) is 0 Å².